The van der Waals surface area contributed by atoms with Gasteiger partial charge < -0.3 is 10.6 Å². The van der Waals surface area contributed by atoms with E-state index in [4.69, 9.17) is 23.2 Å². The van der Waals surface area contributed by atoms with Gasteiger partial charge in [-0.2, -0.15) is 5.10 Å². The molecule has 0 atom stereocenters. The fourth-order valence-electron chi connectivity index (χ4n) is 2.48. The predicted octanol–water partition coefficient (Wildman–Crippen LogP) is 3.39. The Kier molecular flexibility index (Phi) is 5.90. The zero-order chi connectivity index (χ0) is 18.5. The minimum atomic E-state index is -0.283. The number of halogens is 2. The van der Waals surface area contributed by atoms with E-state index in [1.54, 1.807) is 29.1 Å². The molecule has 0 saturated carbocycles. The van der Waals surface area contributed by atoms with Crippen molar-refractivity contribution in [3.8, 4) is 0 Å². The fourth-order valence-corrected chi connectivity index (χ4v) is 2.86. The largest absolute Gasteiger partial charge is 0.369 e. The summed E-state index contributed by atoms with van der Waals surface area (Å²) in [6.07, 6.45) is 4.23. The Balaban J connectivity index is 1.67. The Hall–Kier alpha value is -2.38. The van der Waals surface area contributed by atoms with Crippen LogP contribution in [0.25, 0.3) is 11.0 Å². The predicted molar refractivity (Wildman–Crippen MR) is 103 cm³/mol. The molecule has 0 bridgehead atoms. The number of nitrogens with one attached hydrogen (secondary N) is 2. The van der Waals surface area contributed by atoms with Gasteiger partial charge in [0, 0.05) is 18.1 Å². The second-order valence-electron chi connectivity index (χ2n) is 5.63. The van der Waals surface area contributed by atoms with Gasteiger partial charge in [-0.05, 0) is 24.6 Å². The van der Waals surface area contributed by atoms with Gasteiger partial charge in [-0.25, -0.2) is 14.6 Å². The third-order valence-corrected chi connectivity index (χ3v) is 4.32. The highest BCUT2D eigenvalue weighted by molar-refractivity contribution is 6.35. The van der Waals surface area contributed by atoms with Crippen molar-refractivity contribution in [1.82, 2.24) is 25.1 Å². The van der Waals surface area contributed by atoms with E-state index in [1.807, 2.05) is 0 Å². The summed E-state index contributed by atoms with van der Waals surface area (Å²) in [6.45, 7) is 3.76. The number of carbonyl (C=O) groups excluding carboxylic acids is 1. The van der Waals surface area contributed by atoms with Crippen LogP contribution in [-0.4, -0.2) is 38.7 Å². The van der Waals surface area contributed by atoms with Crippen molar-refractivity contribution >= 4 is 46.0 Å². The molecule has 7 nitrogen and oxygen atoms in total. The number of benzene rings is 1. The van der Waals surface area contributed by atoms with E-state index in [0.717, 1.165) is 24.2 Å². The topological polar surface area (TPSA) is 84.7 Å². The molecule has 1 aromatic carbocycles. The van der Waals surface area contributed by atoms with Crippen LogP contribution in [0.5, 0.6) is 0 Å². The fraction of sp³-hybridized carbons (Fsp3) is 0.294. The summed E-state index contributed by atoms with van der Waals surface area (Å²) in [5.74, 6) is 0.478. The molecular weight excluding hydrogens is 375 g/mol. The summed E-state index contributed by atoms with van der Waals surface area (Å²) >= 11 is 12.0. The van der Waals surface area contributed by atoms with Crippen molar-refractivity contribution in [2.24, 2.45) is 0 Å². The van der Waals surface area contributed by atoms with Crippen molar-refractivity contribution in [3.05, 3.63) is 46.3 Å². The van der Waals surface area contributed by atoms with E-state index >= 15 is 0 Å². The number of hydrogen-bond acceptors (Lipinski definition) is 5. The molecule has 2 N–H and O–H groups in total. The van der Waals surface area contributed by atoms with Crippen LogP contribution in [0.2, 0.25) is 10.0 Å². The lowest BCUT2D eigenvalue weighted by Crippen LogP contribution is -2.27. The Morgan fingerprint density at radius 1 is 1.23 bits per heavy atom. The number of aromatic nitrogens is 4. The number of hydrogen-bond donors (Lipinski definition) is 2. The number of nitrogens with zero attached hydrogens (tertiary/aromatic N) is 4. The van der Waals surface area contributed by atoms with Crippen molar-refractivity contribution in [3.63, 3.8) is 0 Å². The Morgan fingerprint density at radius 2 is 2.08 bits per heavy atom. The Labute approximate surface area is 160 Å². The van der Waals surface area contributed by atoms with E-state index in [9.17, 15) is 4.79 Å². The first-order valence-corrected chi connectivity index (χ1v) is 8.99. The van der Waals surface area contributed by atoms with Gasteiger partial charge in [-0.1, -0.05) is 30.1 Å². The average molecular weight is 393 g/mol. The molecule has 3 rings (SSSR count). The van der Waals surface area contributed by atoms with Gasteiger partial charge in [0.2, 0.25) is 0 Å². The van der Waals surface area contributed by atoms with E-state index in [1.165, 1.54) is 6.33 Å². The Morgan fingerprint density at radius 3 is 2.88 bits per heavy atom. The standard InChI is InChI=1S/C17H18Cl2N6O/c1-2-5-20-15-13-9-24-25(16(13)23-10-22-15)7-6-21-17(26)12-8-11(18)3-4-14(12)19/h3-4,8-10H,2,5-7H2,1H3,(H,21,26)(H,20,22,23). The summed E-state index contributed by atoms with van der Waals surface area (Å²) in [6, 6.07) is 4.78. The third-order valence-electron chi connectivity index (χ3n) is 3.76. The van der Waals surface area contributed by atoms with Gasteiger partial charge in [-0.3, -0.25) is 4.79 Å². The summed E-state index contributed by atoms with van der Waals surface area (Å²) in [4.78, 5) is 20.8. The van der Waals surface area contributed by atoms with Crippen molar-refractivity contribution in [2.45, 2.75) is 19.9 Å². The first-order valence-electron chi connectivity index (χ1n) is 8.23. The molecule has 9 heteroatoms. The molecule has 2 aromatic heterocycles. The van der Waals surface area contributed by atoms with Crippen LogP contribution >= 0.6 is 23.2 Å². The lowest BCUT2D eigenvalue weighted by Gasteiger charge is -2.08. The van der Waals surface area contributed by atoms with Crippen molar-refractivity contribution in [2.75, 3.05) is 18.4 Å². The maximum absolute atomic E-state index is 12.3. The molecule has 0 saturated heterocycles. The van der Waals surface area contributed by atoms with Crippen LogP contribution < -0.4 is 10.6 Å². The zero-order valence-corrected chi connectivity index (χ0v) is 15.7. The molecule has 0 radical (unpaired) electrons. The molecule has 136 valence electrons. The summed E-state index contributed by atoms with van der Waals surface area (Å²) in [5.41, 5.74) is 1.06. The van der Waals surface area contributed by atoms with E-state index < -0.39 is 0 Å². The molecule has 0 aliphatic rings. The minimum absolute atomic E-state index is 0.283. The monoisotopic (exact) mass is 392 g/mol. The first-order chi connectivity index (χ1) is 12.6. The average Bonchev–Trinajstić information content (AvgIpc) is 3.05. The van der Waals surface area contributed by atoms with E-state index in [2.05, 4.69) is 32.6 Å². The molecular formula is C17H18Cl2N6O. The van der Waals surface area contributed by atoms with Gasteiger partial charge in [-0.15, -0.1) is 0 Å². The van der Waals surface area contributed by atoms with Gasteiger partial charge in [0.1, 0.15) is 12.1 Å². The van der Waals surface area contributed by atoms with Crippen LogP contribution in [0.15, 0.2) is 30.7 Å². The maximum atomic E-state index is 12.3. The van der Waals surface area contributed by atoms with Crippen LogP contribution in [0.4, 0.5) is 5.82 Å². The summed E-state index contributed by atoms with van der Waals surface area (Å²) in [5, 5.41) is 12.1. The highest BCUT2D eigenvalue weighted by Crippen LogP contribution is 2.21. The van der Waals surface area contributed by atoms with Crippen molar-refractivity contribution < 1.29 is 4.79 Å². The minimum Gasteiger partial charge on any atom is -0.369 e. The second kappa shape index (κ2) is 8.33. The maximum Gasteiger partial charge on any atom is 0.252 e. The number of carbonyl (C=O) groups is 1. The van der Waals surface area contributed by atoms with Gasteiger partial charge in [0.15, 0.2) is 5.65 Å². The van der Waals surface area contributed by atoms with Crippen LogP contribution in [0, 0.1) is 0 Å². The molecule has 0 unspecified atom stereocenters. The van der Waals surface area contributed by atoms with E-state index in [-0.39, 0.29) is 5.91 Å². The molecule has 0 aliphatic carbocycles. The number of fused-ring (bicyclic) bond motifs is 1. The molecule has 26 heavy (non-hydrogen) atoms. The second-order valence-corrected chi connectivity index (χ2v) is 6.48. The van der Waals surface area contributed by atoms with Crippen LogP contribution in [0.3, 0.4) is 0 Å². The quantitative estimate of drug-likeness (QED) is 0.643. The summed E-state index contributed by atoms with van der Waals surface area (Å²) in [7, 11) is 0. The molecule has 3 aromatic rings. The molecule has 0 spiro atoms. The molecule has 0 aliphatic heterocycles. The zero-order valence-electron chi connectivity index (χ0n) is 14.2. The summed E-state index contributed by atoms with van der Waals surface area (Å²) < 4.78 is 1.73. The van der Waals surface area contributed by atoms with Gasteiger partial charge >= 0.3 is 0 Å². The highest BCUT2D eigenvalue weighted by atomic mass is 35.5. The molecule has 1 amide bonds. The third kappa shape index (κ3) is 4.05. The SMILES string of the molecule is CCCNc1ncnc2c1cnn2CCNC(=O)c1cc(Cl)ccc1Cl. The Bertz CT molecular complexity index is 927. The number of rotatable bonds is 7. The van der Waals surface area contributed by atoms with Gasteiger partial charge in [0.05, 0.1) is 28.7 Å². The van der Waals surface area contributed by atoms with Crippen molar-refractivity contribution in [1.29, 1.82) is 0 Å². The molecule has 2 heterocycles. The van der Waals surface area contributed by atoms with E-state index in [0.29, 0.717) is 34.3 Å². The highest BCUT2D eigenvalue weighted by Gasteiger charge is 2.12. The number of amides is 1. The lowest BCUT2D eigenvalue weighted by atomic mass is 10.2. The number of anilines is 1. The first kappa shape index (κ1) is 18.4. The normalized spacial score (nSPS) is 10.9. The molecule has 0 fully saturated rings. The van der Waals surface area contributed by atoms with Gasteiger partial charge in [0.25, 0.3) is 5.91 Å². The smallest absolute Gasteiger partial charge is 0.252 e. The van der Waals surface area contributed by atoms with Crippen LogP contribution in [0.1, 0.15) is 23.7 Å². The van der Waals surface area contributed by atoms with Crippen LogP contribution in [-0.2, 0) is 6.54 Å². The lowest BCUT2D eigenvalue weighted by molar-refractivity contribution is 0.0952.